The minimum Gasteiger partial charge on any atom is -0.490 e. The van der Waals surface area contributed by atoms with Crippen molar-refractivity contribution < 1.29 is 33.7 Å². The number of cyclic esters (lactones) is 1. The van der Waals surface area contributed by atoms with E-state index in [-0.39, 0.29) is 29.6 Å². The summed E-state index contributed by atoms with van der Waals surface area (Å²) < 4.78 is 17.5. The lowest BCUT2D eigenvalue weighted by Crippen LogP contribution is -2.65. The summed E-state index contributed by atoms with van der Waals surface area (Å²) in [5.74, 6) is -1.00. The lowest BCUT2D eigenvalue weighted by atomic mass is 9.46. The first-order valence-electron chi connectivity index (χ1n) is 11.8. The van der Waals surface area contributed by atoms with Gasteiger partial charge in [-0.1, -0.05) is 6.92 Å². The fourth-order valence-electron chi connectivity index (χ4n) is 7.47. The first-order valence-corrected chi connectivity index (χ1v) is 11.8. The first kappa shape index (κ1) is 24.0. The van der Waals surface area contributed by atoms with E-state index in [2.05, 4.69) is 6.92 Å². The van der Waals surface area contributed by atoms with Gasteiger partial charge in [-0.25, -0.2) is 4.79 Å². The lowest BCUT2D eigenvalue weighted by Gasteiger charge is -2.64. The molecular weight excluding hydrogens is 424 g/mol. The minimum atomic E-state index is -0.894. The predicted molar refractivity (Wildman–Crippen MR) is 120 cm³/mol. The van der Waals surface area contributed by atoms with Crippen molar-refractivity contribution in [1.29, 1.82) is 0 Å². The number of allylic oxidation sites excluding steroid dienone is 2. The summed E-state index contributed by atoms with van der Waals surface area (Å²) in [6, 6.07) is 0. The number of hydrogen-bond acceptors (Lipinski definition) is 7. The normalized spacial score (nSPS) is 42.4. The van der Waals surface area contributed by atoms with Gasteiger partial charge in [0.2, 0.25) is 0 Å². The van der Waals surface area contributed by atoms with Crippen LogP contribution >= 0.6 is 0 Å². The second-order valence-electron chi connectivity index (χ2n) is 11.5. The molecule has 0 aromatic rings. The molecule has 0 bridgehead atoms. The maximum Gasteiger partial charge on any atom is 0.341 e. The summed E-state index contributed by atoms with van der Waals surface area (Å²) in [5.41, 5.74) is -1.63. The van der Waals surface area contributed by atoms with Crippen LogP contribution in [0.3, 0.4) is 0 Å². The van der Waals surface area contributed by atoms with Crippen LogP contribution in [-0.2, 0) is 28.6 Å². The molecule has 2 saturated heterocycles. The summed E-state index contributed by atoms with van der Waals surface area (Å²) in [4.78, 5) is 38.2. The summed E-state index contributed by atoms with van der Waals surface area (Å²) in [6.45, 7) is 13.5. The third kappa shape index (κ3) is 3.07. The highest BCUT2D eigenvalue weighted by Gasteiger charge is 2.67. The van der Waals surface area contributed by atoms with E-state index in [9.17, 15) is 19.5 Å². The van der Waals surface area contributed by atoms with E-state index < -0.39 is 40.1 Å². The van der Waals surface area contributed by atoms with Crippen LogP contribution in [0.1, 0.15) is 74.1 Å². The molecule has 2 aliphatic heterocycles. The molecule has 0 spiro atoms. The Labute approximate surface area is 195 Å². The number of methoxy groups -OCH3 is 1. The number of carbonyl (C=O) groups excluding carboxylic acids is 3. The van der Waals surface area contributed by atoms with Gasteiger partial charge < -0.3 is 19.3 Å². The Morgan fingerprint density at radius 2 is 1.70 bits per heavy atom. The molecule has 1 N–H and O–H groups in total. The number of fused-ring (bicyclic) bond motifs is 4. The van der Waals surface area contributed by atoms with Gasteiger partial charge >= 0.3 is 11.9 Å². The van der Waals surface area contributed by atoms with Crippen molar-refractivity contribution in [2.24, 2.45) is 22.7 Å². The molecule has 33 heavy (non-hydrogen) atoms. The molecule has 3 fully saturated rings. The predicted octanol–water partition coefficient (Wildman–Crippen LogP) is 3.64. The zero-order valence-corrected chi connectivity index (χ0v) is 21.0. The first-order chi connectivity index (χ1) is 15.1. The van der Waals surface area contributed by atoms with Crippen molar-refractivity contribution >= 4 is 17.7 Å². The lowest BCUT2D eigenvalue weighted by molar-refractivity contribution is -0.229. The highest BCUT2D eigenvalue weighted by atomic mass is 16.6. The molecule has 2 aliphatic carbocycles. The van der Waals surface area contributed by atoms with E-state index in [1.807, 2.05) is 27.7 Å². The number of aliphatic hydroxyl groups excluding tert-OH is 1. The van der Waals surface area contributed by atoms with Gasteiger partial charge in [0.1, 0.15) is 22.5 Å². The highest BCUT2D eigenvalue weighted by molar-refractivity contribution is 6.25. The fourth-order valence-corrected chi connectivity index (χ4v) is 7.47. The number of ether oxygens (including phenoxy) is 3. The Balaban J connectivity index is 1.90. The van der Waals surface area contributed by atoms with Gasteiger partial charge in [0, 0.05) is 28.2 Å². The average molecular weight is 461 g/mol. The molecule has 7 nitrogen and oxygen atoms in total. The third-order valence-corrected chi connectivity index (χ3v) is 9.41. The van der Waals surface area contributed by atoms with Crippen LogP contribution in [0.25, 0.3) is 0 Å². The van der Waals surface area contributed by atoms with Crippen LogP contribution in [0.2, 0.25) is 0 Å². The topological polar surface area (TPSA) is 99.1 Å². The van der Waals surface area contributed by atoms with Gasteiger partial charge in [-0.2, -0.15) is 0 Å². The van der Waals surface area contributed by atoms with Gasteiger partial charge in [-0.05, 0) is 66.4 Å². The molecule has 6 atom stereocenters. The van der Waals surface area contributed by atoms with Gasteiger partial charge in [0.05, 0.1) is 19.6 Å². The van der Waals surface area contributed by atoms with Crippen molar-refractivity contribution in [2.75, 3.05) is 7.11 Å². The van der Waals surface area contributed by atoms with Crippen molar-refractivity contribution in [3.05, 3.63) is 22.5 Å². The molecule has 2 heterocycles. The van der Waals surface area contributed by atoms with E-state index in [4.69, 9.17) is 14.2 Å². The second-order valence-corrected chi connectivity index (χ2v) is 11.5. The number of aliphatic hydroxyl groups is 1. The van der Waals surface area contributed by atoms with Crippen LogP contribution < -0.4 is 0 Å². The molecule has 182 valence electrons. The van der Waals surface area contributed by atoms with Crippen molar-refractivity contribution in [3.63, 3.8) is 0 Å². The average Bonchev–Trinajstić information content (AvgIpc) is 2.78. The number of Topliss-reactive ketones (excluding diaryl/α,β-unsaturated/α-hetero) is 1. The van der Waals surface area contributed by atoms with E-state index >= 15 is 0 Å². The molecule has 4 rings (SSSR count). The van der Waals surface area contributed by atoms with E-state index in [1.54, 1.807) is 13.8 Å². The van der Waals surface area contributed by atoms with Crippen LogP contribution in [0.4, 0.5) is 0 Å². The molecule has 6 unspecified atom stereocenters. The fraction of sp³-hybridized carbons (Fsp3) is 0.731. The SMILES string of the molecule is COC(=O)C1=C(C)C2(C)CC3C(C)(CCC4C(C)(C)OC(=O)CC(O)C43C)OC2=C(C)C1=O. The summed E-state index contributed by atoms with van der Waals surface area (Å²) >= 11 is 0. The maximum atomic E-state index is 13.1. The number of ketones is 1. The van der Waals surface area contributed by atoms with E-state index in [0.717, 1.165) is 6.42 Å². The molecule has 0 amide bonds. The molecule has 1 saturated carbocycles. The van der Waals surface area contributed by atoms with Crippen LogP contribution in [0, 0.1) is 22.7 Å². The second kappa shape index (κ2) is 7.17. The van der Waals surface area contributed by atoms with E-state index in [1.165, 1.54) is 7.11 Å². The monoisotopic (exact) mass is 460 g/mol. The van der Waals surface area contributed by atoms with Crippen LogP contribution in [0.15, 0.2) is 22.5 Å². The summed E-state index contributed by atoms with van der Waals surface area (Å²) in [6.07, 6.45) is 1.04. The minimum absolute atomic E-state index is 0.0613. The van der Waals surface area contributed by atoms with Crippen molar-refractivity contribution in [1.82, 2.24) is 0 Å². The standard InChI is InChI=1S/C26H36O7/c1-13-20(29)19(22(30)31-8)14(2)24(5)12-16-25(6,33-21(13)24)10-9-15-23(3,4)32-18(28)11-17(27)26(15,16)7/h15-17,27H,9-12H2,1-8H3. The van der Waals surface area contributed by atoms with Crippen LogP contribution in [0.5, 0.6) is 0 Å². The van der Waals surface area contributed by atoms with Gasteiger partial charge in [0.25, 0.3) is 0 Å². The molecule has 0 radical (unpaired) electrons. The summed E-state index contributed by atoms with van der Waals surface area (Å²) in [5, 5.41) is 11.4. The zero-order valence-electron chi connectivity index (χ0n) is 21.0. The van der Waals surface area contributed by atoms with Gasteiger partial charge in [0.15, 0.2) is 5.78 Å². The molecular formula is C26H36O7. The molecule has 0 aromatic carbocycles. The van der Waals surface area contributed by atoms with E-state index in [0.29, 0.717) is 29.7 Å². The van der Waals surface area contributed by atoms with Gasteiger partial charge in [-0.3, -0.25) is 9.59 Å². The Morgan fingerprint density at radius 1 is 1.06 bits per heavy atom. The van der Waals surface area contributed by atoms with Crippen LogP contribution in [-0.4, -0.2) is 47.2 Å². The Kier molecular flexibility index (Phi) is 5.22. The zero-order chi connectivity index (χ0) is 24.7. The highest BCUT2D eigenvalue weighted by Crippen LogP contribution is 2.66. The molecule has 7 heteroatoms. The number of esters is 2. The number of carbonyl (C=O) groups is 3. The number of rotatable bonds is 1. The van der Waals surface area contributed by atoms with Gasteiger partial charge in [-0.15, -0.1) is 0 Å². The quantitative estimate of drug-likeness (QED) is 0.471. The Morgan fingerprint density at radius 3 is 2.30 bits per heavy atom. The summed E-state index contributed by atoms with van der Waals surface area (Å²) in [7, 11) is 1.27. The smallest absolute Gasteiger partial charge is 0.341 e. The molecule has 4 aliphatic rings. The van der Waals surface area contributed by atoms with Crippen molar-refractivity contribution in [2.45, 2.75) is 91.5 Å². The Bertz CT molecular complexity index is 1000. The largest absolute Gasteiger partial charge is 0.490 e. The number of hydrogen-bond donors (Lipinski definition) is 1. The maximum absolute atomic E-state index is 13.1. The van der Waals surface area contributed by atoms with Crippen molar-refractivity contribution in [3.8, 4) is 0 Å². The molecule has 0 aromatic heterocycles. The third-order valence-electron chi connectivity index (χ3n) is 9.41. The Hall–Kier alpha value is -2.15.